The Morgan fingerprint density at radius 1 is 1.18 bits per heavy atom. The standard InChI is InChI=1S/C15H32N2/c1-5-11-17(13(2)3)12-14-9-7-6-8-10-15(14)16-4/h13-16H,5-12H2,1-4H3. The van der Waals surface area contributed by atoms with Crippen molar-refractivity contribution in [1.82, 2.24) is 10.2 Å². The Morgan fingerprint density at radius 3 is 2.47 bits per heavy atom. The summed E-state index contributed by atoms with van der Waals surface area (Å²) in [5.41, 5.74) is 0. The molecule has 0 spiro atoms. The maximum Gasteiger partial charge on any atom is 0.0104 e. The van der Waals surface area contributed by atoms with Crippen LogP contribution in [0.3, 0.4) is 0 Å². The minimum Gasteiger partial charge on any atom is -0.317 e. The molecule has 1 aliphatic carbocycles. The number of nitrogens with zero attached hydrogens (tertiary/aromatic N) is 1. The van der Waals surface area contributed by atoms with Crippen molar-refractivity contribution in [3.63, 3.8) is 0 Å². The first-order valence-corrected chi connectivity index (χ1v) is 7.60. The highest BCUT2D eigenvalue weighted by Crippen LogP contribution is 2.24. The molecule has 0 saturated heterocycles. The smallest absolute Gasteiger partial charge is 0.0104 e. The number of nitrogens with one attached hydrogen (secondary N) is 1. The average molecular weight is 240 g/mol. The van der Waals surface area contributed by atoms with Gasteiger partial charge in [-0.2, -0.15) is 0 Å². The molecule has 1 fully saturated rings. The highest BCUT2D eigenvalue weighted by atomic mass is 15.1. The van der Waals surface area contributed by atoms with E-state index < -0.39 is 0 Å². The van der Waals surface area contributed by atoms with Crippen molar-refractivity contribution in [1.29, 1.82) is 0 Å². The summed E-state index contributed by atoms with van der Waals surface area (Å²) in [7, 11) is 2.14. The summed E-state index contributed by atoms with van der Waals surface area (Å²) in [6.45, 7) is 9.50. The van der Waals surface area contributed by atoms with Gasteiger partial charge in [-0.25, -0.2) is 0 Å². The molecule has 2 heteroatoms. The zero-order valence-electron chi connectivity index (χ0n) is 12.3. The molecule has 102 valence electrons. The minimum absolute atomic E-state index is 0.690. The van der Waals surface area contributed by atoms with Gasteiger partial charge in [-0.05, 0) is 52.6 Å². The van der Waals surface area contributed by atoms with Gasteiger partial charge in [0.25, 0.3) is 0 Å². The average Bonchev–Trinajstić information content (AvgIpc) is 2.53. The summed E-state index contributed by atoms with van der Waals surface area (Å²) in [5.74, 6) is 0.858. The fraction of sp³-hybridized carbons (Fsp3) is 1.00. The largest absolute Gasteiger partial charge is 0.317 e. The number of rotatable bonds is 6. The topological polar surface area (TPSA) is 15.3 Å². The molecule has 1 aliphatic rings. The SMILES string of the molecule is CCCN(CC1CCCCCC1NC)C(C)C. The summed E-state index contributed by atoms with van der Waals surface area (Å²) in [4.78, 5) is 2.67. The first-order valence-electron chi connectivity index (χ1n) is 7.60. The lowest BCUT2D eigenvalue weighted by Crippen LogP contribution is -2.43. The second kappa shape index (κ2) is 8.10. The molecule has 1 N–H and O–H groups in total. The third-order valence-electron chi connectivity index (χ3n) is 4.24. The van der Waals surface area contributed by atoms with Gasteiger partial charge in [-0.3, -0.25) is 0 Å². The van der Waals surface area contributed by atoms with Crippen LogP contribution >= 0.6 is 0 Å². The van der Waals surface area contributed by atoms with Crippen LogP contribution in [0.4, 0.5) is 0 Å². The summed E-state index contributed by atoms with van der Waals surface area (Å²) >= 11 is 0. The van der Waals surface area contributed by atoms with E-state index in [4.69, 9.17) is 0 Å². The van der Waals surface area contributed by atoms with Crippen molar-refractivity contribution in [2.45, 2.75) is 71.4 Å². The van der Waals surface area contributed by atoms with Gasteiger partial charge < -0.3 is 10.2 Å². The maximum absolute atomic E-state index is 3.55. The molecule has 0 aromatic rings. The summed E-state index contributed by atoms with van der Waals surface area (Å²) in [6, 6.07) is 1.44. The quantitative estimate of drug-likeness (QED) is 0.717. The normalized spacial score (nSPS) is 26.5. The van der Waals surface area contributed by atoms with Crippen molar-refractivity contribution in [3.8, 4) is 0 Å². The van der Waals surface area contributed by atoms with Crippen LogP contribution in [0.15, 0.2) is 0 Å². The van der Waals surface area contributed by atoms with Crippen LogP contribution in [0.25, 0.3) is 0 Å². The molecule has 2 unspecified atom stereocenters. The zero-order valence-corrected chi connectivity index (χ0v) is 12.3. The van der Waals surface area contributed by atoms with Gasteiger partial charge in [0.05, 0.1) is 0 Å². The lowest BCUT2D eigenvalue weighted by Gasteiger charge is -2.33. The van der Waals surface area contributed by atoms with Crippen LogP contribution in [0.1, 0.15) is 59.3 Å². The Balaban J connectivity index is 2.54. The van der Waals surface area contributed by atoms with E-state index in [1.807, 2.05) is 0 Å². The first kappa shape index (κ1) is 15.0. The maximum atomic E-state index is 3.55. The van der Waals surface area contributed by atoms with Gasteiger partial charge in [0.15, 0.2) is 0 Å². The van der Waals surface area contributed by atoms with Crippen LogP contribution in [0.2, 0.25) is 0 Å². The van der Waals surface area contributed by atoms with E-state index in [2.05, 4.69) is 38.0 Å². The van der Waals surface area contributed by atoms with Crippen molar-refractivity contribution in [2.75, 3.05) is 20.1 Å². The molecule has 0 bridgehead atoms. The molecule has 0 aromatic heterocycles. The fourth-order valence-electron chi connectivity index (χ4n) is 3.13. The predicted molar refractivity (Wildman–Crippen MR) is 76.4 cm³/mol. The number of hydrogen-bond acceptors (Lipinski definition) is 2. The van der Waals surface area contributed by atoms with E-state index in [1.54, 1.807) is 0 Å². The van der Waals surface area contributed by atoms with Crippen molar-refractivity contribution in [2.24, 2.45) is 5.92 Å². The van der Waals surface area contributed by atoms with Crippen molar-refractivity contribution < 1.29 is 0 Å². The van der Waals surface area contributed by atoms with Gasteiger partial charge in [-0.1, -0.05) is 26.2 Å². The van der Waals surface area contributed by atoms with Crippen LogP contribution in [0.5, 0.6) is 0 Å². The monoisotopic (exact) mass is 240 g/mol. The van der Waals surface area contributed by atoms with Crippen molar-refractivity contribution in [3.05, 3.63) is 0 Å². The van der Waals surface area contributed by atoms with E-state index in [-0.39, 0.29) is 0 Å². The van der Waals surface area contributed by atoms with Crippen LogP contribution in [-0.2, 0) is 0 Å². The lowest BCUT2D eigenvalue weighted by atomic mass is 9.93. The van der Waals surface area contributed by atoms with Gasteiger partial charge >= 0.3 is 0 Å². The zero-order chi connectivity index (χ0) is 12.7. The van der Waals surface area contributed by atoms with E-state index in [0.717, 1.165) is 12.0 Å². The Labute approximate surface area is 108 Å². The third kappa shape index (κ3) is 4.97. The highest BCUT2D eigenvalue weighted by molar-refractivity contribution is 4.81. The first-order chi connectivity index (χ1) is 8.19. The van der Waals surface area contributed by atoms with Gasteiger partial charge in [-0.15, -0.1) is 0 Å². The molecule has 0 radical (unpaired) electrons. The summed E-state index contributed by atoms with van der Waals surface area (Å²) in [5, 5.41) is 3.55. The fourth-order valence-corrected chi connectivity index (χ4v) is 3.13. The molecule has 0 amide bonds. The Hall–Kier alpha value is -0.0800. The molecular weight excluding hydrogens is 208 g/mol. The summed E-state index contributed by atoms with van der Waals surface area (Å²) < 4.78 is 0. The van der Waals surface area contributed by atoms with Crippen molar-refractivity contribution >= 4 is 0 Å². The Morgan fingerprint density at radius 2 is 1.88 bits per heavy atom. The van der Waals surface area contributed by atoms with E-state index >= 15 is 0 Å². The van der Waals surface area contributed by atoms with Crippen LogP contribution in [-0.4, -0.2) is 37.1 Å². The van der Waals surface area contributed by atoms with E-state index in [0.29, 0.717) is 6.04 Å². The Bertz CT molecular complexity index is 191. The van der Waals surface area contributed by atoms with Crippen LogP contribution < -0.4 is 5.32 Å². The third-order valence-corrected chi connectivity index (χ3v) is 4.24. The minimum atomic E-state index is 0.690. The predicted octanol–water partition coefficient (Wildman–Crippen LogP) is 3.28. The van der Waals surface area contributed by atoms with E-state index in [1.165, 1.54) is 51.6 Å². The van der Waals surface area contributed by atoms with Gasteiger partial charge in [0.2, 0.25) is 0 Å². The Kier molecular flexibility index (Phi) is 7.14. The molecule has 2 atom stereocenters. The lowest BCUT2D eigenvalue weighted by molar-refractivity contribution is 0.163. The van der Waals surface area contributed by atoms with Gasteiger partial charge in [0, 0.05) is 18.6 Å². The molecule has 1 rings (SSSR count). The van der Waals surface area contributed by atoms with E-state index in [9.17, 15) is 0 Å². The number of hydrogen-bond donors (Lipinski definition) is 1. The van der Waals surface area contributed by atoms with Gasteiger partial charge in [0.1, 0.15) is 0 Å². The second-order valence-electron chi connectivity index (χ2n) is 5.88. The highest BCUT2D eigenvalue weighted by Gasteiger charge is 2.24. The molecule has 0 heterocycles. The second-order valence-corrected chi connectivity index (χ2v) is 5.88. The molecule has 0 aromatic carbocycles. The molecule has 1 saturated carbocycles. The molecule has 17 heavy (non-hydrogen) atoms. The molecular formula is C15H32N2. The summed E-state index contributed by atoms with van der Waals surface area (Å²) in [6.07, 6.45) is 8.34. The molecule has 0 aliphatic heterocycles. The molecule has 2 nitrogen and oxygen atoms in total. The van der Waals surface area contributed by atoms with Crippen LogP contribution in [0, 0.1) is 5.92 Å².